The molecule has 0 saturated heterocycles. The van der Waals surface area contributed by atoms with Gasteiger partial charge in [-0.1, -0.05) is 26.0 Å². The first-order chi connectivity index (χ1) is 29.7. The van der Waals surface area contributed by atoms with Crippen LogP contribution in [0.15, 0.2) is 60.7 Å². The number of carbonyl (C=O) groups excluding carboxylic acids is 7. The van der Waals surface area contributed by atoms with Crippen molar-refractivity contribution in [1.29, 1.82) is 0 Å². The second-order valence-corrected chi connectivity index (χ2v) is 13.8. The maximum atomic E-state index is 14.3. The van der Waals surface area contributed by atoms with Crippen molar-refractivity contribution in [2.75, 3.05) is 70.8 Å². The van der Waals surface area contributed by atoms with Crippen LogP contribution in [-0.2, 0) is 54.3 Å². The minimum atomic E-state index is -1.21. The number of ether oxygens (including phenoxy) is 6. The van der Waals surface area contributed by atoms with Crippen molar-refractivity contribution >= 4 is 53.1 Å². The van der Waals surface area contributed by atoms with Crippen LogP contribution in [-0.4, -0.2) is 130 Å². The molecular formula is C40H53N7O15. The van der Waals surface area contributed by atoms with E-state index in [0.717, 1.165) is 4.90 Å². The lowest BCUT2D eigenvalue weighted by Crippen LogP contribution is -2.57. The van der Waals surface area contributed by atoms with Gasteiger partial charge in [0, 0.05) is 42.9 Å². The van der Waals surface area contributed by atoms with Gasteiger partial charge in [0.1, 0.15) is 24.4 Å². The van der Waals surface area contributed by atoms with E-state index in [1.807, 2.05) is 0 Å². The van der Waals surface area contributed by atoms with Crippen LogP contribution in [0, 0.1) is 16.0 Å². The number of amides is 7. The van der Waals surface area contributed by atoms with Crippen molar-refractivity contribution in [3.63, 3.8) is 0 Å². The van der Waals surface area contributed by atoms with Crippen LogP contribution < -0.4 is 31.7 Å². The highest BCUT2D eigenvalue weighted by molar-refractivity contribution is 6.12. The van der Waals surface area contributed by atoms with Gasteiger partial charge in [0.15, 0.2) is 0 Å². The summed E-state index contributed by atoms with van der Waals surface area (Å²) in [6, 6.07) is 7.85. The van der Waals surface area contributed by atoms with Gasteiger partial charge < -0.3 is 50.5 Å². The number of nitrogens with zero attached hydrogens (tertiary/aromatic N) is 3. The van der Waals surface area contributed by atoms with Gasteiger partial charge in [-0.25, -0.2) is 9.59 Å². The minimum Gasteiger partial charge on any atom is -0.429 e. The van der Waals surface area contributed by atoms with Crippen molar-refractivity contribution in [3.05, 3.63) is 76.4 Å². The van der Waals surface area contributed by atoms with Crippen molar-refractivity contribution in [3.8, 4) is 5.75 Å². The molecule has 2 aromatic rings. The van der Waals surface area contributed by atoms with E-state index in [0.29, 0.717) is 18.8 Å². The summed E-state index contributed by atoms with van der Waals surface area (Å²) >= 11 is 0. The summed E-state index contributed by atoms with van der Waals surface area (Å²) < 4.78 is 32.0. The van der Waals surface area contributed by atoms with E-state index < -0.39 is 52.8 Å². The first kappa shape index (κ1) is 49.9. The van der Waals surface area contributed by atoms with Crippen LogP contribution in [0.2, 0.25) is 0 Å². The molecule has 0 aromatic heterocycles. The van der Waals surface area contributed by atoms with Crippen LogP contribution in [0.3, 0.4) is 0 Å². The largest absolute Gasteiger partial charge is 0.514 e. The van der Waals surface area contributed by atoms with E-state index in [2.05, 4.69) is 10.6 Å². The highest BCUT2D eigenvalue weighted by Gasteiger charge is 2.36. The van der Waals surface area contributed by atoms with Gasteiger partial charge in [0.25, 0.3) is 23.4 Å². The summed E-state index contributed by atoms with van der Waals surface area (Å²) in [5.41, 5.74) is 11.5. The summed E-state index contributed by atoms with van der Waals surface area (Å²) in [5, 5.41) is 16.0. The Morgan fingerprint density at radius 3 is 1.90 bits per heavy atom. The minimum absolute atomic E-state index is 0.0260. The number of hydrogen-bond donors (Lipinski definition) is 4. The molecule has 1 aliphatic rings. The number of carbonyl (C=O) groups is 7. The Morgan fingerprint density at radius 1 is 0.806 bits per heavy atom. The number of nitrogens with one attached hydrogen (secondary N) is 2. The molecular weight excluding hydrogens is 818 g/mol. The second-order valence-electron chi connectivity index (χ2n) is 13.8. The molecule has 3 rings (SSSR count). The normalized spacial score (nSPS) is 13.1. The quantitative estimate of drug-likeness (QED) is 0.0225. The van der Waals surface area contributed by atoms with Gasteiger partial charge in [0.05, 0.1) is 64.3 Å². The second kappa shape index (κ2) is 26.7. The summed E-state index contributed by atoms with van der Waals surface area (Å²) in [5.74, 6) is -3.11. The van der Waals surface area contributed by atoms with Crippen LogP contribution in [0.25, 0.3) is 0 Å². The highest BCUT2D eigenvalue weighted by atomic mass is 16.7. The van der Waals surface area contributed by atoms with E-state index in [-0.39, 0.29) is 108 Å². The molecule has 0 fully saturated rings. The van der Waals surface area contributed by atoms with E-state index in [1.54, 1.807) is 26.0 Å². The first-order valence-electron chi connectivity index (χ1n) is 19.7. The molecule has 0 spiro atoms. The van der Waals surface area contributed by atoms with E-state index in [4.69, 9.17) is 39.9 Å². The highest BCUT2D eigenvalue weighted by Crippen LogP contribution is 2.24. The van der Waals surface area contributed by atoms with Crippen molar-refractivity contribution < 1.29 is 66.9 Å². The summed E-state index contributed by atoms with van der Waals surface area (Å²) in [7, 11) is 0. The Balaban J connectivity index is 1.49. The number of benzene rings is 2. The molecule has 338 valence electrons. The average Bonchev–Trinajstić information content (AvgIpc) is 3.55. The van der Waals surface area contributed by atoms with Gasteiger partial charge in [-0.3, -0.25) is 43.9 Å². The van der Waals surface area contributed by atoms with Crippen molar-refractivity contribution in [1.82, 2.24) is 15.5 Å². The third-order valence-corrected chi connectivity index (χ3v) is 8.85. The zero-order chi connectivity index (χ0) is 45.4. The molecule has 0 radical (unpaired) electrons. The maximum Gasteiger partial charge on any atom is 0.514 e. The SMILES string of the molecule is CC(C)[C@H](NC(=O)CCOCCOCCOCCOCCN1C(=O)C=CC1=O)C(=O)N(c1ccc(COC(=O)Oc2ccc([N+](=O)[O-])cc2)cc1)[C@@H](CCCNC(N)=O)C(N)=O. The number of rotatable bonds is 29. The van der Waals surface area contributed by atoms with E-state index in [9.17, 15) is 43.7 Å². The molecule has 7 amide bonds. The Bertz CT molecular complexity index is 1840. The van der Waals surface area contributed by atoms with Crippen LogP contribution in [0.5, 0.6) is 5.75 Å². The number of non-ortho nitro benzene ring substituents is 1. The number of imide groups is 1. The van der Waals surface area contributed by atoms with Gasteiger partial charge in [-0.2, -0.15) is 0 Å². The summed E-state index contributed by atoms with van der Waals surface area (Å²) in [4.78, 5) is 99.3. The Morgan fingerprint density at radius 2 is 1.37 bits per heavy atom. The lowest BCUT2D eigenvalue weighted by Gasteiger charge is -2.34. The molecule has 2 atom stereocenters. The number of nitro groups is 1. The molecule has 22 heteroatoms. The Kier molecular flexibility index (Phi) is 21.4. The molecule has 62 heavy (non-hydrogen) atoms. The van der Waals surface area contributed by atoms with Gasteiger partial charge in [-0.15, -0.1) is 0 Å². The molecule has 1 aliphatic heterocycles. The van der Waals surface area contributed by atoms with Crippen molar-refractivity contribution in [2.45, 2.75) is 51.8 Å². The number of primary amides is 2. The number of urea groups is 1. The number of hydrogen-bond acceptors (Lipinski definition) is 15. The molecule has 6 N–H and O–H groups in total. The predicted octanol–water partition coefficient (Wildman–Crippen LogP) is 1.47. The fourth-order valence-corrected chi connectivity index (χ4v) is 5.67. The van der Waals surface area contributed by atoms with Crippen molar-refractivity contribution in [2.24, 2.45) is 17.4 Å². The topological polar surface area (TPSA) is 301 Å². The standard InChI is InChI=1S/C40H53N7O15/c1-27(2)36(44-33(48)15-18-57-20-22-59-24-25-60-23-21-58-19-17-45-34(49)13-14-35(45)50)38(52)46(32(37(41)51)4-3-16-43-39(42)53)29-7-5-28(6-8-29)26-61-40(54)62-31-11-9-30(10-12-31)47(55)56/h5-14,27,32,36H,3-4,15-26H2,1-2H3,(H2,41,51)(H,44,48)(H3,42,43,53)/t32-,36-/m0/s1. The third-order valence-electron chi connectivity index (χ3n) is 8.85. The molecule has 1 heterocycles. The lowest BCUT2D eigenvalue weighted by molar-refractivity contribution is -0.384. The smallest absolute Gasteiger partial charge is 0.429 e. The molecule has 2 aromatic carbocycles. The Hall–Kier alpha value is -6.49. The lowest BCUT2D eigenvalue weighted by atomic mass is 9.99. The van der Waals surface area contributed by atoms with Gasteiger partial charge in [-0.05, 0) is 48.6 Å². The average molecular weight is 872 g/mol. The predicted molar refractivity (Wildman–Crippen MR) is 218 cm³/mol. The maximum absolute atomic E-state index is 14.3. The number of anilines is 1. The number of nitrogens with two attached hydrogens (primary N) is 2. The monoisotopic (exact) mass is 871 g/mol. The zero-order valence-corrected chi connectivity index (χ0v) is 34.5. The fraction of sp³-hybridized carbons (Fsp3) is 0.475. The molecule has 0 saturated carbocycles. The first-order valence-corrected chi connectivity index (χ1v) is 19.7. The fourth-order valence-electron chi connectivity index (χ4n) is 5.67. The van der Waals surface area contributed by atoms with Gasteiger partial charge >= 0.3 is 12.2 Å². The van der Waals surface area contributed by atoms with Crippen LogP contribution >= 0.6 is 0 Å². The summed E-state index contributed by atoms with van der Waals surface area (Å²) in [6.07, 6.45) is 1.52. The molecule has 0 aliphatic carbocycles. The zero-order valence-electron chi connectivity index (χ0n) is 34.5. The van der Waals surface area contributed by atoms with Gasteiger partial charge in [0.2, 0.25) is 11.8 Å². The van der Waals surface area contributed by atoms with Crippen LogP contribution in [0.4, 0.5) is 21.0 Å². The number of nitro benzene ring substituents is 1. The molecule has 0 unspecified atom stereocenters. The third kappa shape index (κ3) is 17.6. The Labute approximate surface area is 357 Å². The summed E-state index contributed by atoms with van der Waals surface area (Å²) in [6.45, 7) is 5.24. The molecule has 0 bridgehead atoms. The van der Waals surface area contributed by atoms with E-state index in [1.165, 1.54) is 53.5 Å². The molecule has 22 nitrogen and oxygen atoms in total. The van der Waals surface area contributed by atoms with Crippen LogP contribution in [0.1, 0.15) is 38.7 Å². The van der Waals surface area contributed by atoms with E-state index >= 15 is 0 Å².